The molecule has 0 heterocycles. The molecule has 20 heavy (non-hydrogen) atoms. The summed E-state index contributed by atoms with van der Waals surface area (Å²) in [6, 6.07) is 6.51. The second kappa shape index (κ2) is 7.09. The first-order chi connectivity index (χ1) is 9.27. The van der Waals surface area contributed by atoms with Crippen LogP contribution < -0.4 is 9.46 Å². The lowest BCUT2D eigenvalue weighted by Crippen LogP contribution is -2.33. The number of hydrogen-bond donors (Lipinski definition) is 1. The van der Waals surface area contributed by atoms with Gasteiger partial charge in [-0.15, -0.1) is 0 Å². The van der Waals surface area contributed by atoms with Crippen molar-refractivity contribution in [3.8, 4) is 5.75 Å². The Kier molecular flexibility index (Phi) is 6.02. The number of benzene rings is 1. The fourth-order valence-corrected chi connectivity index (χ4v) is 3.41. The molecule has 0 atom stereocenters. The molecule has 1 aromatic rings. The van der Waals surface area contributed by atoms with E-state index in [0.29, 0.717) is 30.0 Å². The second-order valence-corrected chi connectivity index (χ2v) is 7.45. The molecular formula is C15H25NO3S. The molecule has 0 bridgehead atoms. The minimum Gasteiger partial charge on any atom is -0.497 e. The van der Waals surface area contributed by atoms with Crippen molar-refractivity contribution in [2.24, 2.45) is 17.8 Å². The molecule has 1 rings (SSSR count). The SMILES string of the molecule is COc1cccc(S(=O)(=O)NCC(C(C)C)C(C)C)c1. The quantitative estimate of drug-likeness (QED) is 0.842. The Bertz CT molecular complexity index is 516. The van der Waals surface area contributed by atoms with Gasteiger partial charge in [0.05, 0.1) is 12.0 Å². The van der Waals surface area contributed by atoms with Crippen molar-refractivity contribution in [1.82, 2.24) is 4.72 Å². The monoisotopic (exact) mass is 299 g/mol. The minimum atomic E-state index is -3.48. The lowest BCUT2D eigenvalue weighted by atomic mass is 9.86. The Labute approximate surface area is 122 Å². The van der Waals surface area contributed by atoms with Crippen LogP contribution in [0.3, 0.4) is 0 Å². The third-order valence-electron chi connectivity index (χ3n) is 3.57. The highest BCUT2D eigenvalue weighted by molar-refractivity contribution is 7.89. The van der Waals surface area contributed by atoms with Crippen LogP contribution in [0, 0.1) is 17.8 Å². The molecule has 0 aliphatic rings. The number of nitrogens with one attached hydrogen (secondary N) is 1. The molecule has 0 amide bonds. The first kappa shape index (κ1) is 17.0. The van der Waals surface area contributed by atoms with Crippen LogP contribution in [0.1, 0.15) is 27.7 Å². The highest BCUT2D eigenvalue weighted by Gasteiger charge is 2.21. The van der Waals surface area contributed by atoms with Crippen molar-refractivity contribution < 1.29 is 13.2 Å². The molecule has 114 valence electrons. The van der Waals surface area contributed by atoms with Gasteiger partial charge in [-0.05, 0) is 29.9 Å². The average Bonchev–Trinajstić information content (AvgIpc) is 2.38. The standard InChI is InChI=1S/C15H25NO3S/c1-11(2)15(12(3)4)10-16-20(17,18)14-8-6-7-13(9-14)19-5/h6-9,11-12,15-16H,10H2,1-5H3. The highest BCUT2D eigenvalue weighted by atomic mass is 32.2. The van der Waals surface area contributed by atoms with E-state index in [1.165, 1.54) is 13.2 Å². The second-order valence-electron chi connectivity index (χ2n) is 5.68. The van der Waals surface area contributed by atoms with Crippen LogP contribution in [0.2, 0.25) is 0 Å². The van der Waals surface area contributed by atoms with Crippen LogP contribution in [0.4, 0.5) is 0 Å². The van der Waals surface area contributed by atoms with Crippen LogP contribution in [-0.4, -0.2) is 22.1 Å². The van der Waals surface area contributed by atoms with Crippen molar-refractivity contribution in [3.63, 3.8) is 0 Å². The average molecular weight is 299 g/mol. The number of ether oxygens (including phenoxy) is 1. The minimum absolute atomic E-state index is 0.239. The maximum absolute atomic E-state index is 12.3. The molecule has 0 saturated heterocycles. The largest absolute Gasteiger partial charge is 0.497 e. The molecule has 5 heteroatoms. The van der Waals surface area contributed by atoms with E-state index < -0.39 is 10.0 Å². The van der Waals surface area contributed by atoms with Crippen LogP contribution in [0.25, 0.3) is 0 Å². The van der Waals surface area contributed by atoms with Gasteiger partial charge in [0.1, 0.15) is 5.75 Å². The zero-order valence-electron chi connectivity index (χ0n) is 12.9. The summed E-state index contributed by atoms with van der Waals surface area (Å²) in [5, 5.41) is 0. The summed E-state index contributed by atoms with van der Waals surface area (Å²) < 4.78 is 32.3. The molecule has 0 radical (unpaired) electrons. The van der Waals surface area contributed by atoms with E-state index in [4.69, 9.17) is 4.74 Å². The van der Waals surface area contributed by atoms with Gasteiger partial charge in [-0.2, -0.15) is 0 Å². The summed E-state index contributed by atoms with van der Waals surface area (Å²) in [5.41, 5.74) is 0. The van der Waals surface area contributed by atoms with E-state index in [0.717, 1.165) is 0 Å². The Morgan fingerprint density at radius 2 is 1.75 bits per heavy atom. The van der Waals surface area contributed by atoms with E-state index in [-0.39, 0.29) is 4.90 Å². The van der Waals surface area contributed by atoms with E-state index in [9.17, 15) is 8.42 Å². The van der Waals surface area contributed by atoms with Crippen LogP contribution in [0.15, 0.2) is 29.2 Å². The summed E-state index contributed by atoms with van der Waals surface area (Å²) in [6.07, 6.45) is 0. The number of rotatable bonds is 7. The van der Waals surface area contributed by atoms with Crippen LogP contribution in [0.5, 0.6) is 5.75 Å². The van der Waals surface area contributed by atoms with E-state index in [1.807, 2.05) is 0 Å². The maximum Gasteiger partial charge on any atom is 0.240 e. The maximum atomic E-state index is 12.3. The van der Waals surface area contributed by atoms with Gasteiger partial charge in [-0.1, -0.05) is 33.8 Å². The van der Waals surface area contributed by atoms with Crippen molar-refractivity contribution >= 4 is 10.0 Å². The number of hydrogen-bond acceptors (Lipinski definition) is 3. The molecule has 0 aliphatic heterocycles. The van der Waals surface area contributed by atoms with E-state index >= 15 is 0 Å². The fourth-order valence-electron chi connectivity index (χ4n) is 2.30. The van der Waals surface area contributed by atoms with Crippen molar-refractivity contribution in [2.75, 3.05) is 13.7 Å². The van der Waals surface area contributed by atoms with Crippen LogP contribution in [-0.2, 0) is 10.0 Å². The molecule has 0 unspecified atom stereocenters. The Balaban J connectivity index is 2.84. The third-order valence-corrected chi connectivity index (χ3v) is 4.99. The summed E-state index contributed by atoms with van der Waals surface area (Å²) >= 11 is 0. The molecular weight excluding hydrogens is 274 g/mol. The summed E-state index contributed by atoms with van der Waals surface area (Å²) in [5.74, 6) is 1.72. The fraction of sp³-hybridized carbons (Fsp3) is 0.600. The van der Waals surface area contributed by atoms with Gasteiger partial charge in [-0.3, -0.25) is 0 Å². The van der Waals surface area contributed by atoms with E-state index in [2.05, 4.69) is 32.4 Å². The first-order valence-corrected chi connectivity index (χ1v) is 8.40. The van der Waals surface area contributed by atoms with Gasteiger partial charge in [0.25, 0.3) is 0 Å². The molecule has 4 nitrogen and oxygen atoms in total. The zero-order valence-corrected chi connectivity index (χ0v) is 13.7. The zero-order chi connectivity index (χ0) is 15.3. The number of sulfonamides is 1. The molecule has 0 aromatic heterocycles. The smallest absolute Gasteiger partial charge is 0.240 e. The Hall–Kier alpha value is -1.07. The van der Waals surface area contributed by atoms with Gasteiger partial charge < -0.3 is 4.74 Å². The molecule has 0 aliphatic carbocycles. The van der Waals surface area contributed by atoms with Crippen molar-refractivity contribution in [3.05, 3.63) is 24.3 Å². The van der Waals surface area contributed by atoms with E-state index in [1.54, 1.807) is 18.2 Å². The van der Waals surface area contributed by atoms with Crippen molar-refractivity contribution in [1.29, 1.82) is 0 Å². The lowest BCUT2D eigenvalue weighted by Gasteiger charge is -2.25. The molecule has 1 aromatic carbocycles. The normalized spacial score (nSPS) is 12.4. The predicted octanol–water partition coefficient (Wildman–Crippen LogP) is 2.90. The molecule has 0 fully saturated rings. The Morgan fingerprint density at radius 1 is 1.15 bits per heavy atom. The van der Waals surface area contributed by atoms with Gasteiger partial charge in [0, 0.05) is 12.6 Å². The van der Waals surface area contributed by atoms with Gasteiger partial charge in [0.15, 0.2) is 0 Å². The molecule has 0 spiro atoms. The number of methoxy groups -OCH3 is 1. The first-order valence-electron chi connectivity index (χ1n) is 6.91. The van der Waals surface area contributed by atoms with Crippen molar-refractivity contribution in [2.45, 2.75) is 32.6 Å². The van der Waals surface area contributed by atoms with Crippen LogP contribution >= 0.6 is 0 Å². The van der Waals surface area contributed by atoms with Gasteiger partial charge in [-0.25, -0.2) is 13.1 Å². The van der Waals surface area contributed by atoms with Gasteiger partial charge >= 0.3 is 0 Å². The summed E-state index contributed by atoms with van der Waals surface area (Å²) in [7, 11) is -1.96. The predicted molar refractivity (Wildman–Crippen MR) is 81.3 cm³/mol. The topological polar surface area (TPSA) is 55.4 Å². The molecule has 1 N–H and O–H groups in total. The third kappa shape index (κ3) is 4.49. The highest BCUT2D eigenvalue weighted by Crippen LogP contribution is 2.21. The summed E-state index contributed by atoms with van der Waals surface area (Å²) in [6.45, 7) is 8.92. The van der Waals surface area contributed by atoms with Gasteiger partial charge in [0.2, 0.25) is 10.0 Å². The summed E-state index contributed by atoms with van der Waals surface area (Å²) in [4.78, 5) is 0.239. The Morgan fingerprint density at radius 3 is 2.25 bits per heavy atom. The molecule has 0 saturated carbocycles. The lowest BCUT2D eigenvalue weighted by molar-refractivity contribution is 0.289.